The fraction of sp³-hybridized carbons (Fsp3) is 0. The van der Waals surface area contributed by atoms with Crippen molar-refractivity contribution in [1.29, 1.82) is 10.5 Å². The van der Waals surface area contributed by atoms with E-state index in [0.717, 1.165) is 105 Å². The minimum absolute atomic E-state index is 0.496. The van der Waals surface area contributed by atoms with Gasteiger partial charge in [-0.05, 0) is 89.0 Å². The lowest BCUT2D eigenvalue weighted by Gasteiger charge is -2.20. The number of hydrogen-bond donors (Lipinski definition) is 0. The van der Waals surface area contributed by atoms with Crippen LogP contribution in [0.15, 0.2) is 231 Å². The lowest BCUT2D eigenvalue weighted by Crippen LogP contribution is -2.06. The first-order valence-corrected chi connectivity index (χ1v) is 23.7. The van der Waals surface area contributed by atoms with E-state index < -0.39 is 0 Å². The highest BCUT2D eigenvalue weighted by molar-refractivity contribution is 6.13. The molecule has 0 saturated carbocycles. The van der Waals surface area contributed by atoms with Gasteiger partial charge in [0.05, 0.1) is 62.4 Å². The van der Waals surface area contributed by atoms with Gasteiger partial charge in [0.2, 0.25) is 0 Å². The summed E-state index contributed by atoms with van der Waals surface area (Å²) < 4.78 is 4.63. The summed E-state index contributed by atoms with van der Waals surface area (Å²) in [5, 5.41) is 24.5. The normalized spacial score (nSPS) is 11.3. The zero-order valence-corrected chi connectivity index (χ0v) is 38.5. The number of nitriles is 2. The van der Waals surface area contributed by atoms with Gasteiger partial charge in [0.1, 0.15) is 0 Å². The third-order valence-corrected chi connectivity index (χ3v) is 13.5. The number of benzene rings is 9. The predicted octanol–water partition coefficient (Wildman–Crippen LogP) is 15.2. The van der Waals surface area contributed by atoms with Gasteiger partial charge in [0.15, 0.2) is 17.5 Å². The molecule has 0 radical (unpaired) electrons. The maximum Gasteiger partial charge on any atom is 0.164 e. The Morgan fingerprint density at radius 1 is 0.333 bits per heavy atom. The molecule has 0 unspecified atom stereocenters. The molecule has 0 saturated heterocycles. The molecule has 8 nitrogen and oxygen atoms in total. The Labute approximate surface area is 414 Å². The summed E-state index contributed by atoms with van der Waals surface area (Å²) in [6.45, 7) is 0. The van der Waals surface area contributed by atoms with Gasteiger partial charge in [-0.3, -0.25) is 4.98 Å². The van der Waals surface area contributed by atoms with Gasteiger partial charge in [-0.1, -0.05) is 158 Å². The van der Waals surface area contributed by atoms with Crippen molar-refractivity contribution in [3.8, 4) is 91.2 Å². The van der Waals surface area contributed by atoms with Crippen LogP contribution >= 0.6 is 0 Å². The average Bonchev–Trinajstić information content (AvgIpc) is 3.97. The fourth-order valence-corrected chi connectivity index (χ4v) is 10.3. The minimum atomic E-state index is 0.496. The molecule has 0 aliphatic rings. The van der Waals surface area contributed by atoms with Crippen molar-refractivity contribution in [1.82, 2.24) is 29.1 Å². The molecule has 13 rings (SSSR count). The van der Waals surface area contributed by atoms with Crippen LogP contribution in [0.1, 0.15) is 11.1 Å². The topological polar surface area (TPSA) is 109 Å². The Bertz CT molecular complexity index is 4310. The van der Waals surface area contributed by atoms with E-state index >= 15 is 0 Å². The van der Waals surface area contributed by atoms with E-state index in [9.17, 15) is 10.5 Å². The SMILES string of the molecule is N#Cc1ccccc1-c1ccc2c(c1)c1ccccc1n2-c1cccnc1-c1c(-c2nc(-c3ccccc3)nc(-c3ccccc3)n2)cccc1-n1c2ccccc2c2cc(-c3ccccc3C#N)ccc21. The van der Waals surface area contributed by atoms with Crippen molar-refractivity contribution in [2.45, 2.75) is 0 Å². The molecule has 13 aromatic rings. The second kappa shape index (κ2) is 17.4. The molecule has 0 spiro atoms. The number of pyridine rings is 1. The number of para-hydroxylation sites is 2. The molecule has 334 valence electrons. The standard InChI is InChI=1S/C64H38N8/c65-39-45-21-7-9-23-47(45)43-32-34-56-52(37-43)49-25-11-13-28-54(49)71(56)58-30-15-27-51(64-69-62(41-17-3-1-4-18-41)68-63(70-64)42-19-5-2-6-20-42)60(58)61-59(31-16-36-67-61)72-55-29-14-12-26-50(55)53-38-44(33-35-57(53)72)48-24-10-8-22-46(48)40-66/h1-38H. The second-order valence-corrected chi connectivity index (χ2v) is 17.6. The highest BCUT2D eigenvalue weighted by Gasteiger charge is 2.26. The van der Waals surface area contributed by atoms with Gasteiger partial charge >= 0.3 is 0 Å². The van der Waals surface area contributed by atoms with E-state index in [0.29, 0.717) is 28.6 Å². The molecular weight excluding hydrogens is 881 g/mol. The molecule has 72 heavy (non-hydrogen) atoms. The lowest BCUT2D eigenvalue weighted by molar-refractivity contribution is 1.07. The van der Waals surface area contributed by atoms with Gasteiger partial charge in [-0.25, -0.2) is 15.0 Å². The van der Waals surface area contributed by atoms with Crippen molar-refractivity contribution >= 4 is 43.6 Å². The third kappa shape index (κ3) is 6.90. The smallest absolute Gasteiger partial charge is 0.164 e. The molecule has 0 N–H and O–H groups in total. The van der Waals surface area contributed by atoms with Crippen LogP contribution in [0.5, 0.6) is 0 Å². The van der Waals surface area contributed by atoms with E-state index in [1.54, 1.807) is 0 Å². The Morgan fingerprint density at radius 2 is 0.778 bits per heavy atom. The zero-order chi connectivity index (χ0) is 48.1. The number of hydrogen-bond acceptors (Lipinski definition) is 6. The summed E-state index contributed by atoms with van der Waals surface area (Å²) in [5.74, 6) is 1.60. The maximum atomic E-state index is 10.1. The molecule has 4 heterocycles. The van der Waals surface area contributed by atoms with Crippen molar-refractivity contribution in [2.24, 2.45) is 0 Å². The quantitative estimate of drug-likeness (QED) is 0.150. The summed E-state index contributed by atoms with van der Waals surface area (Å²) in [7, 11) is 0. The Kier molecular flexibility index (Phi) is 10.1. The summed E-state index contributed by atoms with van der Waals surface area (Å²) in [4.78, 5) is 21.1. The summed E-state index contributed by atoms with van der Waals surface area (Å²) >= 11 is 0. The highest BCUT2D eigenvalue weighted by atomic mass is 15.0. The summed E-state index contributed by atoms with van der Waals surface area (Å²) in [5.41, 5.74) is 14.7. The van der Waals surface area contributed by atoms with Gasteiger partial charge in [0, 0.05) is 50.0 Å². The van der Waals surface area contributed by atoms with E-state index in [1.165, 1.54) is 0 Å². The van der Waals surface area contributed by atoms with Gasteiger partial charge in [-0.15, -0.1) is 0 Å². The fourth-order valence-electron chi connectivity index (χ4n) is 10.3. The molecule has 0 amide bonds. The molecule has 9 aromatic carbocycles. The van der Waals surface area contributed by atoms with Crippen LogP contribution in [0.3, 0.4) is 0 Å². The molecule has 0 atom stereocenters. The lowest BCUT2D eigenvalue weighted by atomic mass is 9.98. The first-order chi connectivity index (χ1) is 35.6. The molecular formula is C64H38N8. The van der Waals surface area contributed by atoms with Crippen LogP contribution in [0.2, 0.25) is 0 Å². The van der Waals surface area contributed by atoms with Crippen molar-refractivity contribution in [3.63, 3.8) is 0 Å². The average molecular weight is 919 g/mol. The first-order valence-electron chi connectivity index (χ1n) is 23.7. The number of nitrogens with zero attached hydrogens (tertiary/aromatic N) is 8. The molecule has 0 fully saturated rings. The van der Waals surface area contributed by atoms with E-state index in [-0.39, 0.29) is 0 Å². The zero-order valence-electron chi connectivity index (χ0n) is 38.5. The molecule has 0 bridgehead atoms. The summed E-state index contributed by atoms with van der Waals surface area (Å²) in [6, 6.07) is 80.6. The number of fused-ring (bicyclic) bond motifs is 6. The Balaban J connectivity index is 1.13. The first kappa shape index (κ1) is 41.9. The monoisotopic (exact) mass is 918 g/mol. The van der Waals surface area contributed by atoms with Crippen LogP contribution in [-0.4, -0.2) is 29.1 Å². The van der Waals surface area contributed by atoms with Crippen LogP contribution in [-0.2, 0) is 0 Å². The highest BCUT2D eigenvalue weighted by Crippen LogP contribution is 2.45. The molecule has 4 aromatic heterocycles. The maximum absolute atomic E-state index is 10.1. The summed E-state index contributed by atoms with van der Waals surface area (Å²) in [6.07, 6.45) is 1.85. The van der Waals surface area contributed by atoms with E-state index in [1.807, 2.05) is 121 Å². The van der Waals surface area contributed by atoms with Crippen LogP contribution < -0.4 is 0 Å². The molecule has 0 aliphatic carbocycles. The van der Waals surface area contributed by atoms with Gasteiger partial charge < -0.3 is 9.13 Å². The van der Waals surface area contributed by atoms with E-state index in [2.05, 4.69) is 130 Å². The van der Waals surface area contributed by atoms with Gasteiger partial charge in [-0.2, -0.15) is 10.5 Å². The molecule has 8 heteroatoms. The van der Waals surface area contributed by atoms with Gasteiger partial charge in [0.25, 0.3) is 0 Å². The Hall–Kier alpha value is -10.3. The van der Waals surface area contributed by atoms with Crippen LogP contribution in [0.25, 0.3) is 123 Å². The van der Waals surface area contributed by atoms with Crippen molar-refractivity contribution < 1.29 is 0 Å². The number of rotatable bonds is 8. The van der Waals surface area contributed by atoms with Crippen molar-refractivity contribution in [2.75, 3.05) is 0 Å². The van der Waals surface area contributed by atoms with Crippen LogP contribution in [0, 0.1) is 22.7 Å². The third-order valence-electron chi connectivity index (χ3n) is 13.5. The molecule has 0 aliphatic heterocycles. The second-order valence-electron chi connectivity index (χ2n) is 17.6. The largest absolute Gasteiger partial charge is 0.309 e. The van der Waals surface area contributed by atoms with E-state index in [4.69, 9.17) is 19.9 Å². The Morgan fingerprint density at radius 3 is 1.33 bits per heavy atom. The predicted molar refractivity (Wildman–Crippen MR) is 288 cm³/mol. The van der Waals surface area contributed by atoms with Crippen LogP contribution in [0.4, 0.5) is 0 Å². The minimum Gasteiger partial charge on any atom is -0.309 e. The van der Waals surface area contributed by atoms with Crippen molar-refractivity contribution in [3.05, 3.63) is 242 Å². The number of aromatic nitrogens is 6.